The first-order valence-electron chi connectivity index (χ1n) is 4.64. The molecule has 0 atom stereocenters. The molecule has 0 bridgehead atoms. The number of esters is 2. The van der Waals surface area contributed by atoms with E-state index < -0.39 is 11.9 Å². The molecular weight excluding hydrogens is 196 g/mol. The highest BCUT2D eigenvalue weighted by Gasteiger charge is 2.24. The Bertz CT molecular complexity index is 350. The molecule has 15 heavy (non-hydrogen) atoms. The van der Waals surface area contributed by atoms with E-state index in [1.807, 2.05) is 13.0 Å². The second-order valence-electron chi connectivity index (χ2n) is 3.37. The highest BCUT2D eigenvalue weighted by molar-refractivity contribution is 6.01. The molecule has 82 valence electrons. The Labute approximate surface area is 88.6 Å². The highest BCUT2D eigenvalue weighted by atomic mass is 16.5. The number of hydrogen-bond acceptors (Lipinski definition) is 4. The third-order valence-corrected chi connectivity index (χ3v) is 2.34. The molecular formula is C11H14O4. The third-order valence-electron chi connectivity index (χ3n) is 2.34. The minimum absolute atomic E-state index is 0.398. The zero-order valence-corrected chi connectivity index (χ0v) is 9.12. The molecule has 0 fully saturated rings. The lowest BCUT2D eigenvalue weighted by molar-refractivity contribution is -0.139. The number of carbonyl (C=O) groups excluding carboxylic acids is 2. The first kappa shape index (κ1) is 11.5. The van der Waals surface area contributed by atoms with Crippen LogP contribution in [0.5, 0.6) is 0 Å². The van der Waals surface area contributed by atoms with Gasteiger partial charge in [0.25, 0.3) is 0 Å². The van der Waals surface area contributed by atoms with Gasteiger partial charge in [-0.15, -0.1) is 0 Å². The van der Waals surface area contributed by atoms with E-state index in [1.54, 1.807) is 0 Å². The molecule has 0 N–H and O–H groups in total. The topological polar surface area (TPSA) is 52.6 Å². The maximum atomic E-state index is 11.4. The Morgan fingerprint density at radius 3 is 2.20 bits per heavy atom. The predicted molar refractivity (Wildman–Crippen MR) is 54.0 cm³/mol. The van der Waals surface area contributed by atoms with E-state index in [-0.39, 0.29) is 0 Å². The van der Waals surface area contributed by atoms with Crippen LogP contribution in [0.25, 0.3) is 0 Å². The number of hydrogen-bond donors (Lipinski definition) is 0. The molecule has 1 aliphatic carbocycles. The summed E-state index contributed by atoms with van der Waals surface area (Å²) in [6.45, 7) is 1.91. The molecule has 0 saturated heterocycles. The summed E-state index contributed by atoms with van der Waals surface area (Å²) in [4.78, 5) is 22.8. The van der Waals surface area contributed by atoms with E-state index in [4.69, 9.17) is 0 Å². The number of methoxy groups -OCH3 is 2. The van der Waals surface area contributed by atoms with Gasteiger partial charge in [-0.1, -0.05) is 11.6 Å². The predicted octanol–water partition coefficient (Wildman–Crippen LogP) is 1.37. The summed E-state index contributed by atoms with van der Waals surface area (Å²) in [5.41, 5.74) is 1.86. The van der Waals surface area contributed by atoms with Gasteiger partial charge in [0.1, 0.15) is 0 Å². The van der Waals surface area contributed by atoms with Crippen molar-refractivity contribution in [3.63, 3.8) is 0 Å². The summed E-state index contributed by atoms with van der Waals surface area (Å²) in [5.74, 6) is -0.915. The van der Waals surface area contributed by atoms with Crippen LogP contribution in [0.2, 0.25) is 0 Å². The maximum absolute atomic E-state index is 11.4. The van der Waals surface area contributed by atoms with E-state index in [9.17, 15) is 9.59 Å². The first-order chi connectivity index (χ1) is 7.10. The van der Waals surface area contributed by atoms with Crippen molar-refractivity contribution in [3.05, 3.63) is 22.8 Å². The van der Waals surface area contributed by atoms with Gasteiger partial charge in [0.15, 0.2) is 0 Å². The molecule has 4 heteroatoms. The first-order valence-corrected chi connectivity index (χ1v) is 4.64. The van der Waals surface area contributed by atoms with Gasteiger partial charge in [0.05, 0.1) is 25.4 Å². The molecule has 0 saturated carbocycles. The SMILES string of the molecule is COC(=O)C1=C(C(=O)OC)CC(C)=CC1. The van der Waals surface area contributed by atoms with Crippen LogP contribution < -0.4 is 0 Å². The third kappa shape index (κ3) is 2.46. The van der Waals surface area contributed by atoms with Gasteiger partial charge in [-0.3, -0.25) is 0 Å². The van der Waals surface area contributed by atoms with Crippen molar-refractivity contribution in [3.8, 4) is 0 Å². The molecule has 0 amide bonds. The van der Waals surface area contributed by atoms with Gasteiger partial charge in [-0.2, -0.15) is 0 Å². The van der Waals surface area contributed by atoms with Crippen molar-refractivity contribution < 1.29 is 19.1 Å². The van der Waals surface area contributed by atoms with Crippen LogP contribution in [-0.2, 0) is 19.1 Å². The molecule has 4 nitrogen and oxygen atoms in total. The fraction of sp³-hybridized carbons (Fsp3) is 0.455. The molecule has 0 aromatic carbocycles. The van der Waals surface area contributed by atoms with Crippen LogP contribution in [0, 0.1) is 0 Å². The molecule has 0 spiro atoms. The van der Waals surface area contributed by atoms with Crippen molar-refractivity contribution in [2.75, 3.05) is 14.2 Å². The van der Waals surface area contributed by atoms with Crippen LogP contribution in [0.3, 0.4) is 0 Å². The number of ether oxygens (including phenoxy) is 2. The Balaban J connectivity index is 3.03. The highest BCUT2D eigenvalue weighted by Crippen LogP contribution is 2.25. The Morgan fingerprint density at radius 1 is 1.13 bits per heavy atom. The standard InChI is InChI=1S/C11H14O4/c1-7-4-5-8(10(12)14-2)9(6-7)11(13)15-3/h4H,5-6H2,1-3H3. The summed E-state index contributed by atoms with van der Waals surface area (Å²) < 4.78 is 9.25. The van der Waals surface area contributed by atoms with Gasteiger partial charge in [-0.25, -0.2) is 9.59 Å². The lowest BCUT2D eigenvalue weighted by atomic mass is 9.92. The van der Waals surface area contributed by atoms with Gasteiger partial charge in [0, 0.05) is 6.42 Å². The van der Waals surface area contributed by atoms with Crippen molar-refractivity contribution in [2.45, 2.75) is 19.8 Å². The minimum atomic E-state index is -0.459. The molecule has 0 unspecified atom stereocenters. The van der Waals surface area contributed by atoms with Gasteiger partial charge in [-0.05, 0) is 13.3 Å². The number of rotatable bonds is 2. The van der Waals surface area contributed by atoms with Gasteiger partial charge in [0.2, 0.25) is 0 Å². The van der Waals surface area contributed by atoms with E-state index in [1.165, 1.54) is 14.2 Å². The molecule has 0 heterocycles. The monoisotopic (exact) mass is 210 g/mol. The summed E-state index contributed by atoms with van der Waals surface area (Å²) >= 11 is 0. The lowest BCUT2D eigenvalue weighted by Gasteiger charge is -2.15. The fourth-order valence-electron chi connectivity index (χ4n) is 1.51. The fourth-order valence-corrected chi connectivity index (χ4v) is 1.51. The lowest BCUT2D eigenvalue weighted by Crippen LogP contribution is -2.17. The average molecular weight is 210 g/mol. The van der Waals surface area contributed by atoms with Crippen LogP contribution >= 0.6 is 0 Å². The van der Waals surface area contributed by atoms with Crippen LogP contribution in [-0.4, -0.2) is 26.2 Å². The zero-order valence-electron chi connectivity index (χ0n) is 9.12. The molecule has 1 rings (SSSR count). The maximum Gasteiger partial charge on any atom is 0.334 e. The quantitative estimate of drug-likeness (QED) is 0.510. The smallest absolute Gasteiger partial charge is 0.334 e. The summed E-state index contributed by atoms with van der Waals surface area (Å²) in [6, 6.07) is 0. The average Bonchev–Trinajstić information content (AvgIpc) is 2.26. The van der Waals surface area contributed by atoms with E-state index >= 15 is 0 Å². The zero-order chi connectivity index (χ0) is 11.4. The summed E-state index contributed by atoms with van der Waals surface area (Å²) in [5, 5.41) is 0. The number of carbonyl (C=O) groups is 2. The molecule has 0 aromatic heterocycles. The minimum Gasteiger partial charge on any atom is -0.466 e. The largest absolute Gasteiger partial charge is 0.466 e. The van der Waals surface area contributed by atoms with Gasteiger partial charge < -0.3 is 9.47 Å². The molecule has 0 aliphatic heterocycles. The number of allylic oxidation sites excluding steroid dienone is 2. The van der Waals surface area contributed by atoms with Crippen LogP contribution in [0.4, 0.5) is 0 Å². The Morgan fingerprint density at radius 2 is 1.67 bits per heavy atom. The van der Waals surface area contributed by atoms with Gasteiger partial charge >= 0.3 is 11.9 Å². The second-order valence-corrected chi connectivity index (χ2v) is 3.37. The van der Waals surface area contributed by atoms with E-state index in [0.717, 1.165) is 5.57 Å². The molecule has 0 radical (unpaired) electrons. The van der Waals surface area contributed by atoms with Crippen molar-refractivity contribution in [1.82, 2.24) is 0 Å². The summed E-state index contributed by atoms with van der Waals surface area (Å²) in [6.07, 6.45) is 2.80. The Hall–Kier alpha value is -1.58. The van der Waals surface area contributed by atoms with Crippen molar-refractivity contribution in [1.29, 1.82) is 0 Å². The molecule has 1 aliphatic rings. The second kappa shape index (κ2) is 4.77. The van der Waals surface area contributed by atoms with Crippen LogP contribution in [0.1, 0.15) is 19.8 Å². The summed E-state index contributed by atoms with van der Waals surface area (Å²) in [7, 11) is 2.60. The normalized spacial score (nSPS) is 15.8. The van der Waals surface area contributed by atoms with Crippen molar-refractivity contribution in [2.24, 2.45) is 0 Å². The van der Waals surface area contributed by atoms with Crippen molar-refractivity contribution >= 4 is 11.9 Å². The van der Waals surface area contributed by atoms with Crippen LogP contribution in [0.15, 0.2) is 22.8 Å². The van der Waals surface area contributed by atoms with E-state index in [0.29, 0.717) is 24.0 Å². The molecule has 0 aromatic rings. The Kier molecular flexibility index (Phi) is 3.66. The van der Waals surface area contributed by atoms with E-state index in [2.05, 4.69) is 9.47 Å².